The van der Waals surface area contributed by atoms with Crippen LogP contribution in [0.3, 0.4) is 0 Å². The third-order valence-corrected chi connectivity index (χ3v) is 5.02. The molecule has 0 aromatic heterocycles. The van der Waals surface area contributed by atoms with Crippen LogP contribution in [0.5, 0.6) is 11.5 Å². The lowest BCUT2D eigenvalue weighted by Gasteiger charge is -2.32. The highest BCUT2D eigenvalue weighted by molar-refractivity contribution is 6.00. The normalized spacial score (nSPS) is 15.1. The van der Waals surface area contributed by atoms with Gasteiger partial charge in [0.15, 0.2) is 6.10 Å². The van der Waals surface area contributed by atoms with Crippen molar-refractivity contribution >= 4 is 23.2 Å². The largest absolute Gasteiger partial charge is 0.489 e. The number of para-hydroxylation sites is 2. The summed E-state index contributed by atoms with van der Waals surface area (Å²) in [6.07, 6.45) is -0.389. The van der Waals surface area contributed by atoms with E-state index < -0.39 is 6.10 Å². The molecule has 1 aliphatic rings. The predicted molar refractivity (Wildman–Crippen MR) is 119 cm³/mol. The lowest BCUT2D eigenvalue weighted by molar-refractivity contribution is -0.125. The number of amides is 2. The Bertz CT molecular complexity index is 1050. The number of ether oxygens (including phenoxy) is 2. The summed E-state index contributed by atoms with van der Waals surface area (Å²) in [5.41, 5.74) is 2.46. The summed E-state index contributed by atoms with van der Waals surface area (Å²) in [7, 11) is 0. The summed E-state index contributed by atoms with van der Waals surface area (Å²) >= 11 is 0. The molecule has 0 radical (unpaired) electrons. The van der Waals surface area contributed by atoms with Crippen molar-refractivity contribution < 1.29 is 19.1 Å². The molecule has 3 aromatic carbocycles. The minimum atomic E-state index is -0.568. The van der Waals surface area contributed by atoms with Crippen molar-refractivity contribution in [1.29, 1.82) is 0 Å². The lowest BCUT2D eigenvalue weighted by Crippen LogP contribution is -2.45. The van der Waals surface area contributed by atoms with E-state index in [4.69, 9.17) is 9.47 Å². The second-order valence-corrected chi connectivity index (χ2v) is 7.31. The third-order valence-electron chi connectivity index (χ3n) is 5.02. The van der Waals surface area contributed by atoms with E-state index in [1.807, 2.05) is 66.7 Å². The zero-order chi connectivity index (χ0) is 21.6. The average molecular weight is 416 g/mol. The van der Waals surface area contributed by atoms with E-state index in [-0.39, 0.29) is 24.8 Å². The minimum absolute atomic E-state index is 0.147. The van der Waals surface area contributed by atoms with Crippen LogP contribution in [-0.2, 0) is 16.2 Å². The van der Waals surface area contributed by atoms with Gasteiger partial charge < -0.3 is 19.7 Å². The van der Waals surface area contributed by atoms with Gasteiger partial charge in [-0.25, -0.2) is 0 Å². The summed E-state index contributed by atoms with van der Waals surface area (Å²) in [4.78, 5) is 26.6. The van der Waals surface area contributed by atoms with Gasteiger partial charge in [0.05, 0.1) is 5.69 Å². The number of benzene rings is 3. The van der Waals surface area contributed by atoms with Gasteiger partial charge in [-0.1, -0.05) is 42.5 Å². The van der Waals surface area contributed by atoms with Gasteiger partial charge in [-0.2, -0.15) is 0 Å². The number of fused-ring (bicyclic) bond motifs is 1. The number of nitrogens with one attached hydrogen (secondary N) is 1. The Labute approximate surface area is 181 Å². The van der Waals surface area contributed by atoms with E-state index in [0.717, 1.165) is 11.3 Å². The molecule has 6 nitrogen and oxygen atoms in total. The Balaban J connectivity index is 1.30. The van der Waals surface area contributed by atoms with Gasteiger partial charge in [0, 0.05) is 18.7 Å². The standard InChI is InChI=1S/C25H24N2O4/c1-18-25(29)27(22-9-5-6-10-23(22)31-18)16-15-24(28)26-20-11-13-21(14-12-20)30-17-19-7-3-2-4-8-19/h2-14,18H,15-17H2,1H3,(H,26,28). The van der Waals surface area contributed by atoms with Crippen molar-refractivity contribution in [3.63, 3.8) is 0 Å². The first-order chi connectivity index (χ1) is 15.1. The van der Waals surface area contributed by atoms with Crippen LogP contribution in [0.2, 0.25) is 0 Å². The molecule has 0 saturated heterocycles. The smallest absolute Gasteiger partial charge is 0.267 e. The van der Waals surface area contributed by atoms with E-state index in [1.54, 1.807) is 24.0 Å². The van der Waals surface area contributed by atoms with Crippen molar-refractivity contribution in [3.8, 4) is 11.5 Å². The number of nitrogens with zero attached hydrogens (tertiary/aromatic N) is 1. The summed E-state index contributed by atoms with van der Waals surface area (Å²) < 4.78 is 11.4. The molecule has 1 heterocycles. The highest BCUT2D eigenvalue weighted by Crippen LogP contribution is 2.33. The molecule has 1 unspecified atom stereocenters. The molecule has 31 heavy (non-hydrogen) atoms. The topological polar surface area (TPSA) is 67.9 Å². The molecule has 4 rings (SSSR count). The van der Waals surface area contributed by atoms with Gasteiger partial charge >= 0.3 is 0 Å². The first-order valence-electron chi connectivity index (χ1n) is 10.2. The molecule has 6 heteroatoms. The number of hydrogen-bond acceptors (Lipinski definition) is 4. The zero-order valence-corrected chi connectivity index (χ0v) is 17.3. The van der Waals surface area contributed by atoms with Crippen LogP contribution in [0.4, 0.5) is 11.4 Å². The molecular formula is C25H24N2O4. The Hall–Kier alpha value is -3.80. The zero-order valence-electron chi connectivity index (χ0n) is 17.3. The molecule has 0 saturated carbocycles. The Morgan fingerprint density at radius 1 is 1.00 bits per heavy atom. The van der Waals surface area contributed by atoms with Crippen LogP contribution >= 0.6 is 0 Å². The summed E-state index contributed by atoms with van der Waals surface area (Å²) in [6, 6.07) is 24.5. The van der Waals surface area contributed by atoms with E-state index >= 15 is 0 Å². The van der Waals surface area contributed by atoms with E-state index in [2.05, 4.69) is 5.32 Å². The fraction of sp³-hybridized carbons (Fsp3) is 0.200. The molecule has 3 aromatic rings. The van der Waals surface area contributed by atoms with E-state index in [0.29, 0.717) is 23.7 Å². The average Bonchev–Trinajstić information content (AvgIpc) is 2.79. The van der Waals surface area contributed by atoms with Crippen molar-refractivity contribution in [2.45, 2.75) is 26.1 Å². The molecule has 2 amide bonds. The number of anilines is 2. The number of rotatable bonds is 7. The second-order valence-electron chi connectivity index (χ2n) is 7.31. The van der Waals surface area contributed by atoms with Gasteiger partial charge in [0.25, 0.3) is 5.91 Å². The summed E-state index contributed by atoms with van der Waals surface area (Å²) in [5, 5.41) is 2.87. The molecular weight excluding hydrogens is 392 g/mol. The molecule has 1 aliphatic heterocycles. The highest BCUT2D eigenvalue weighted by atomic mass is 16.5. The van der Waals surface area contributed by atoms with Crippen LogP contribution in [0.25, 0.3) is 0 Å². The van der Waals surface area contributed by atoms with Crippen LogP contribution in [0.15, 0.2) is 78.9 Å². The quantitative estimate of drug-likeness (QED) is 0.620. The molecule has 1 N–H and O–H groups in total. The fourth-order valence-corrected chi connectivity index (χ4v) is 3.40. The van der Waals surface area contributed by atoms with E-state index in [1.165, 1.54) is 0 Å². The van der Waals surface area contributed by atoms with Gasteiger partial charge in [-0.05, 0) is 48.9 Å². The SMILES string of the molecule is CC1Oc2ccccc2N(CCC(=O)Nc2ccc(OCc3ccccc3)cc2)C1=O. The Morgan fingerprint density at radius 2 is 1.71 bits per heavy atom. The number of carbonyl (C=O) groups excluding carboxylic acids is 2. The first-order valence-corrected chi connectivity index (χ1v) is 10.2. The predicted octanol–water partition coefficient (Wildman–Crippen LogP) is 4.41. The first kappa shape index (κ1) is 20.5. The highest BCUT2D eigenvalue weighted by Gasteiger charge is 2.31. The van der Waals surface area contributed by atoms with Crippen molar-refractivity contribution in [3.05, 3.63) is 84.4 Å². The lowest BCUT2D eigenvalue weighted by atomic mass is 10.1. The Morgan fingerprint density at radius 3 is 2.48 bits per heavy atom. The van der Waals surface area contributed by atoms with Gasteiger partial charge in [0.2, 0.25) is 5.91 Å². The maximum atomic E-state index is 12.5. The van der Waals surface area contributed by atoms with Crippen LogP contribution < -0.4 is 19.7 Å². The van der Waals surface area contributed by atoms with Gasteiger partial charge in [-0.15, -0.1) is 0 Å². The van der Waals surface area contributed by atoms with Crippen molar-refractivity contribution in [1.82, 2.24) is 0 Å². The second kappa shape index (κ2) is 9.34. The molecule has 0 bridgehead atoms. The maximum Gasteiger partial charge on any atom is 0.267 e. The molecule has 0 fully saturated rings. The number of carbonyl (C=O) groups is 2. The maximum absolute atomic E-state index is 12.5. The Kier molecular flexibility index (Phi) is 6.17. The molecule has 0 aliphatic carbocycles. The van der Waals surface area contributed by atoms with Crippen LogP contribution in [-0.4, -0.2) is 24.5 Å². The molecule has 1 atom stereocenters. The van der Waals surface area contributed by atoms with Gasteiger partial charge in [-0.3, -0.25) is 9.59 Å². The van der Waals surface area contributed by atoms with Crippen molar-refractivity contribution in [2.75, 3.05) is 16.8 Å². The molecule has 0 spiro atoms. The van der Waals surface area contributed by atoms with Crippen molar-refractivity contribution in [2.24, 2.45) is 0 Å². The monoisotopic (exact) mass is 416 g/mol. The fourth-order valence-electron chi connectivity index (χ4n) is 3.40. The minimum Gasteiger partial charge on any atom is -0.489 e. The van der Waals surface area contributed by atoms with Gasteiger partial charge in [0.1, 0.15) is 18.1 Å². The summed E-state index contributed by atoms with van der Waals surface area (Å²) in [5.74, 6) is 1.07. The third kappa shape index (κ3) is 5.04. The van der Waals surface area contributed by atoms with Crippen LogP contribution in [0.1, 0.15) is 18.9 Å². The number of hydrogen-bond donors (Lipinski definition) is 1. The van der Waals surface area contributed by atoms with Crippen LogP contribution in [0, 0.1) is 0 Å². The molecule has 158 valence electrons. The summed E-state index contributed by atoms with van der Waals surface area (Å²) in [6.45, 7) is 2.49. The van der Waals surface area contributed by atoms with E-state index in [9.17, 15) is 9.59 Å².